The van der Waals surface area contributed by atoms with Crippen LogP contribution in [-0.4, -0.2) is 24.6 Å². The second-order valence-corrected chi connectivity index (χ2v) is 5.41. The lowest BCUT2D eigenvalue weighted by Crippen LogP contribution is -2.44. The van der Waals surface area contributed by atoms with Crippen molar-refractivity contribution in [3.05, 3.63) is 35.4 Å². The van der Waals surface area contributed by atoms with Crippen LogP contribution in [0.2, 0.25) is 0 Å². The lowest BCUT2D eigenvalue weighted by Gasteiger charge is -2.33. The first kappa shape index (κ1) is 18.6. The molecule has 1 aromatic carbocycles. The Morgan fingerprint density at radius 2 is 1.86 bits per heavy atom. The van der Waals surface area contributed by atoms with Gasteiger partial charge in [0.2, 0.25) is 0 Å². The number of rotatable bonds is 8. The summed E-state index contributed by atoms with van der Waals surface area (Å²) in [5, 5.41) is 10.7. The molecule has 0 spiro atoms. The zero-order valence-electron chi connectivity index (χ0n) is 13.3. The molecule has 1 rings (SSSR count). The maximum Gasteiger partial charge on any atom is 0.317 e. The largest absolute Gasteiger partial charge is 0.469 e. The van der Waals surface area contributed by atoms with E-state index in [0.29, 0.717) is 5.56 Å². The van der Waals surface area contributed by atoms with Gasteiger partial charge in [0.15, 0.2) is 5.92 Å². The van der Waals surface area contributed by atoms with Gasteiger partial charge in [0.1, 0.15) is 5.60 Å². The molecule has 124 valence electrons. The third-order valence-electron chi connectivity index (χ3n) is 4.03. The van der Waals surface area contributed by atoms with Crippen molar-refractivity contribution < 1.29 is 23.4 Å². The molecule has 0 aliphatic heterocycles. The summed E-state index contributed by atoms with van der Waals surface area (Å²) < 4.78 is 31.0. The van der Waals surface area contributed by atoms with E-state index in [0.717, 1.165) is 31.9 Å². The van der Waals surface area contributed by atoms with Crippen molar-refractivity contribution in [3.8, 4) is 0 Å². The van der Waals surface area contributed by atoms with Gasteiger partial charge in [0.25, 0.3) is 6.43 Å². The number of aliphatic hydroxyl groups is 1. The number of unbranched alkanes of at least 4 members (excludes halogenated alkanes) is 1. The molecular formula is C17H24F2O3. The average molecular weight is 314 g/mol. The molecule has 1 N–H and O–H groups in total. The quantitative estimate of drug-likeness (QED) is 0.745. The average Bonchev–Trinajstić information content (AvgIpc) is 2.52. The minimum Gasteiger partial charge on any atom is -0.469 e. The van der Waals surface area contributed by atoms with Crippen LogP contribution in [0.25, 0.3) is 0 Å². The van der Waals surface area contributed by atoms with Gasteiger partial charge in [-0.1, -0.05) is 44.5 Å². The Morgan fingerprint density at radius 1 is 1.27 bits per heavy atom. The van der Waals surface area contributed by atoms with Crippen LogP contribution < -0.4 is 0 Å². The highest BCUT2D eigenvalue weighted by Crippen LogP contribution is 2.37. The Hall–Kier alpha value is -1.49. The Bertz CT molecular complexity index is 473. The lowest BCUT2D eigenvalue weighted by atomic mass is 9.79. The summed E-state index contributed by atoms with van der Waals surface area (Å²) >= 11 is 0. The summed E-state index contributed by atoms with van der Waals surface area (Å²) in [7, 11) is 1.04. The fourth-order valence-corrected chi connectivity index (χ4v) is 2.58. The predicted molar refractivity (Wildman–Crippen MR) is 80.8 cm³/mol. The van der Waals surface area contributed by atoms with Crippen LogP contribution in [0.1, 0.15) is 44.2 Å². The van der Waals surface area contributed by atoms with Crippen molar-refractivity contribution in [2.75, 3.05) is 7.11 Å². The van der Waals surface area contributed by atoms with Crippen LogP contribution in [0, 0.1) is 5.92 Å². The van der Waals surface area contributed by atoms with Crippen LogP contribution >= 0.6 is 0 Å². The predicted octanol–water partition coefficient (Wildman–Crippen LogP) is 3.68. The summed E-state index contributed by atoms with van der Waals surface area (Å²) in [4.78, 5) is 11.7. The summed E-state index contributed by atoms with van der Waals surface area (Å²) in [6.07, 6.45) is -0.00492. The molecule has 0 saturated carbocycles. The van der Waals surface area contributed by atoms with Crippen LogP contribution in [0.3, 0.4) is 0 Å². The molecule has 0 saturated heterocycles. The molecule has 3 nitrogen and oxygen atoms in total. The molecular weight excluding hydrogens is 290 g/mol. The Morgan fingerprint density at radius 3 is 2.27 bits per heavy atom. The van der Waals surface area contributed by atoms with Crippen molar-refractivity contribution in [1.29, 1.82) is 0 Å². The summed E-state index contributed by atoms with van der Waals surface area (Å²) in [5.74, 6) is -3.00. The minimum absolute atomic E-state index is 0.00852. The van der Waals surface area contributed by atoms with Gasteiger partial charge < -0.3 is 9.84 Å². The maximum absolute atomic E-state index is 13.3. The zero-order chi connectivity index (χ0) is 16.8. The number of halogens is 2. The molecule has 0 fully saturated rings. The number of carbonyl (C=O) groups excluding carboxylic acids is 1. The molecule has 0 bridgehead atoms. The smallest absolute Gasteiger partial charge is 0.317 e. The third-order valence-corrected chi connectivity index (χ3v) is 4.03. The number of ether oxygens (including phenoxy) is 1. The van der Waals surface area contributed by atoms with E-state index < -0.39 is 23.9 Å². The fourth-order valence-electron chi connectivity index (χ4n) is 2.58. The van der Waals surface area contributed by atoms with Crippen LogP contribution in [0.4, 0.5) is 8.78 Å². The number of carbonyl (C=O) groups is 1. The molecule has 0 aliphatic rings. The van der Waals surface area contributed by atoms with Crippen molar-refractivity contribution in [3.63, 3.8) is 0 Å². The Labute approximate surface area is 130 Å². The Balaban J connectivity index is 3.12. The third kappa shape index (κ3) is 4.03. The Kier molecular flexibility index (Phi) is 6.94. The molecule has 5 heteroatoms. The minimum atomic E-state index is -3.00. The van der Waals surface area contributed by atoms with Crippen molar-refractivity contribution in [1.82, 2.24) is 0 Å². The van der Waals surface area contributed by atoms with Gasteiger partial charge in [0.05, 0.1) is 7.11 Å². The molecule has 0 heterocycles. The van der Waals surface area contributed by atoms with Crippen LogP contribution in [-0.2, 0) is 21.6 Å². The normalized spacial score (nSPS) is 15.4. The molecule has 2 unspecified atom stereocenters. The topological polar surface area (TPSA) is 46.5 Å². The van der Waals surface area contributed by atoms with Crippen molar-refractivity contribution in [2.45, 2.75) is 51.6 Å². The van der Waals surface area contributed by atoms with Crippen LogP contribution in [0.15, 0.2) is 24.3 Å². The highest BCUT2D eigenvalue weighted by Gasteiger charge is 2.48. The van der Waals surface area contributed by atoms with Gasteiger partial charge in [-0.25, -0.2) is 8.78 Å². The van der Waals surface area contributed by atoms with Crippen molar-refractivity contribution in [2.24, 2.45) is 5.92 Å². The SMILES string of the molecule is CCCCc1ccc(C(O)(CC)C(C(=O)OC)C(F)F)cc1. The second kappa shape index (κ2) is 8.22. The highest BCUT2D eigenvalue weighted by atomic mass is 19.3. The van der Waals surface area contributed by atoms with Gasteiger partial charge in [-0.15, -0.1) is 0 Å². The standard InChI is InChI=1S/C17H24F2O3/c1-4-6-7-12-8-10-13(11-9-12)17(21,5-2)14(15(18)19)16(20)22-3/h8-11,14-15,21H,4-7H2,1-3H3. The van der Waals surface area contributed by atoms with Gasteiger partial charge >= 0.3 is 5.97 Å². The first-order chi connectivity index (χ1) is 10.4. The van der Waals surface area contributed by atoms with Gasteiger partial charge in [-0.3, -0.25) is 4.79 Å². The summed E-state index contributed by atoms with van der Waals surface area (Å²) in [6.45, 7) is 3.66. The number of alkyl halides is 2. The number of methoxy groups -OCH3 is 1. The lowest BCUT2D eigenvalue weighted by molar-refractivity contribution is -0.170. The number of esters is 1. The van der Waals surface area contributed by atoms with Crippen LogP contribution in [0.5, 0.6) is 0 Å². The molecule has 0 aliphatic carbocycles. The number of benzene rings is 1. The number of hydrogen-bond donors (Lipinski definition) is 1. The number of aryl methyl sites for hydroxylation is 1. The monoisotopic (exact) mass is 314 g/mol. The zero-order valence-corrected chi connectivity index (χ0v) is 13.3. The molecule has 22 heavy (non-hydrogen) atoms. The van der Waals surface area contributed by atoms with Gasteiger partial charge in [-0.05, 0) is 30.4 Å². The fraction of sp³-hybridized carbons (Fsp3) is 0.588. The first-order valence-corrected chi connectivity index (χ1v) is 7.58. The van der Waals surface area contributed by atoms with E-state index in [1.807, 2.05) is 12.1 Å². The van der Waals surface area contributed by atoms with Crippen molar-refractivity contribution >= 4 is 5.97 Å². The molecule has 0 aromatic heterocycles. The summed E-state index contributed by atoms with van der Waals surface area (Å²) in [6, 6.07) is 6.86. The van der Waals surface area contributed by atoms with Gasteiger partial charge in [0, 0.05) is 0 Å². The maximum atomic E-state index is 13.3. The van der Waals surface area contributed by atoms with E-state index in [1.54, 1.807) is 19.1 Å². The molecule has 0 amide bonds. The molecule has 2 atom stereocenters. The van der Waals surface area contributed by atoms with E-state index in [2.05, 4.69) is 11.7 Å². The van der Waals surface area contributed by atoms with E-state index in [-0.39, 0.29) is 6.42 Å². The van der Waals surface area contributed by atoms with E-state index >= 15 is 0 Å². The first-order valence-electron chi connectivity index (χ1n) is 7.58. The van der Waals surface area contributed by atoms with E-state index in [4.69, 9.17) is 0 Å². The molecule has 1 aromatic rings. The van der Waals surface area contributed by atoms with E-state index in [9.17, 15) is 18.7 Å². The van der Waals surface area contributed by atoms with Gasteiger partial charge in [-0.2, -0.15) is 0 Å². The second-order valence-electron chi connectivity index (χ2n) is 5.41. The highest BCUT2D eigenvalue weighted by molar-refractivity contribution is 5.74. The number of hydrogen-bond acceptors (Lipinski definition) is 3. The summed E-state index contributed by atoms with van der Waals surface area (Å²) in [5.41, 5.74) is -0.550. The van der Waals surface area contributed by atoms with E-state index in [1.165, 1.54) is 0 Å². The molecule has 0 radical (unpaired) electrons.